The molecule has 1 aromatic heterocycles. The lowest BCUT2D eigenvalue weighted by Crippen LogP contribution is -2.05. The van der Waals surface area contributed by atoms with Crippen molar-refractivity contribution < 1.29 is 9.21 Å². The number of furan rings is 1. The molecule has 0 amide bonds. The van der Waals surface area contributed by atoms with Crippen LogP contribution in [0.1, 0.15) is 21.7 Å². The highest BCUT2D eigenvalue weighted by Crippen LogP contribution is 2.28. The maximum atomic E-state index is 12.8. The Kier molecular flexibility index (Phi) is 5.44. The Morgan fingerprint density at radius 1 is 1.15 bits per heavy atom. The summed E-state index contributed by atoms with van der Waals surface area (Å²) in [4.78, 5) is 12.8. The van der Waals surface area contributed by atoms with Crippen LogP contribution in [0.4, 0.5) is 5.69 Å². The number of allylic oxidation sites excluding steroid dienone is 1. The highest BCUT2D eigenvalue weighted by atomic mass is 35.5. The van der Waals surface area contributed by atoms with Gasteiger partial charge in [0, 0.05) is 22.5 Å². The molecule has 0 unspecified atom stereocenters. The molecule has 4 nitrogen and oxygen atoms in total. The Balaban J connectivity index is 1.87. The van der Waals surface area contributed by atoms with Gasteiger partial charge in [0.25, 0.3) is 0 Å². The van der Waals surface area contributed by atoms with Gasteiger partial charge in [0.2, 0.25) is 5.78 Å². The van der Waals surface area contributed by atoms with E-state index < -0.39 is 0 Å². The number of ketones is 1. The zero-order chi connectivity index (χ0) is 19.4. The maximum Gasteiger partial charge on any atom is 0.208 e. The molecule has 2 aromatic carbocycles. The lowest BCUT2D eigenvalue weighted by Gasteiger charge is -2.05. The fourth-order valence-electron chi connectivity index (χ4n) is 2.64. The van der Waals surface area contributed by atoms with Gasteiger partial charge in [-0.3, -0.25) is 4.79 Å². The average Bonchev–Trinajstić information content (AvgIpc) is 3.05. The molecular weight excluding hydrogens is 360 g/mol. The van der Waals surface area contributed by atoms with Crippen molar-refractivity contribution in [2.24, 2.45) is 0 Å². The average molecular weight is 377 g/mol. The topological polar surface area (TPSA) is 66.0 Å². The van der Waals surface area contributed by atoms with E-state index in [2.05, 4.69) is 5.32 Å². The number of hydrogen-bond donors (Lipinski definition) is 1. The van der Waals surface area contributed by atoms with E-state index in [1.54, 1.807) is 25.1 Å². The third-order valence-corrected chi connectivity index (χ3v) is 4.43. The number of anilines is 1. The molecule has 0 spiro atoms. The second kappa shape index (κ2) is 7.94. The standard InChI is InChI=1S/C22H17ClN2O2/c1-14-5-3-4-6-20(14)25-13-17(12-24)22(26)19-11-21(27-15(19)2)16-7-9-18(23)10-8-16/h3-11,13,25H,1-2H3/b17-13+. The third-order valence-electron chi connectivity index (χ3n) is 4.17. The molecule has 3 aromatic rings. The highest BCUT2D eigenvalue weighted by molar-refractivity contribution is 6.30. The summed E-state index contributed by atoms with van der Waals surface area (Å²) >= 11 is 5.91. The van der Waals surface area contributed by atoms with Gasteiger partial charge in [-0.25, -0.2) is 0 Å². The maximum absolute atomic E-state index is 12.8. The second-order valence-corrected chi connectivity index (χ2v) is 6.48. The number of nitriles is 1. The van der Waals surface area contributed by atoms with Crippen molar-refractivity contribution in [3.05, 3.63) is 88.3 Å². The number of Topliss-reactive ketones (excluding diaryl/α,β-unsaturated/α-hetero) is 1. The smallest absolute Gasteiger partial charge is 0.208 e. The molecule has 0 fully saturated rings. The summed E-state index contributed by atoms with van der Waals surface area (Å²) in [6.45, 7) is 3.65. The molecule has 27 heavy (non-hydrogen) atoms. The van der Waals surface area contributed by atoms with Gasteiger partial charge < -0.3 is 9.73 Å². The van der Waals surface area contributed by atoms with Crippen LogP contribution in [0.15, 0.2) is 70.8 Å². The molecule has 0 saturated carbocycles. The van der Waals surface area contributed by atoms with E-state index in [0.29, 0.717) is 22.1 Å². The third kappa shape index (κ3) is 4.11. The van der Waals surface area contributed by atoms with E-state index in [0.717, 1.165) is 16.8 Å². The molecule has 1 heterocycles. The number of nitrogens with one attached hydrogen (secondary N) is 1. The molecule has 0 aliphatic carbocycles. The summed E-state index contributed by atoms with van der Waals surface area (Å²) < 4.78 is 5.72. The van der Waals surface area contributed by atoms with Crippen LogP contribution >= 0.6 is 11.6 Å². The quantitative estimate of drug-likeness (QED) is 0.341. The Labute approximate surface area is 162 Å². The number of carbonyl (C=O) groups is 1. The van der Waals surface area contributed by atoms with Gasteiger partial charge in [-0.1, -0.05) is 29.8 Å². The van der Waals surface area contributed by atoms with Crippen LogP contribution < -0.4 is 5.32 Å². The van der Waals surface area contributed by atoms with Gasteiger partial charge in [0.15, 0.2) is 0 Å². The molecule has 1 N–H and O–H groups in total. The van der Waals surface area contributed by atoms with E-state index in [-0.39, 0.29) is 11.4 Å². The molecule has 0 aliphatic heterocycles. The summed E-state index contributed by atoms with van der Waals surface area (Å²) in [5.74, 6) is 0.624. The summed E-state index contributed by atoms with van der Waals surface area (Å²) in [5.41, 5.74) is 3.03. The first-order chi connectivity index (χ1) is 13.0. The minimum Gasteiger partial charge on any atom is -0.461 e. The van der Waals surface area contributed by atoms with Crippen LogP contribution in [0.5, 0.6) is 0 Å². The van der Waals surface area contributed by atoms with Crippen molar-refractivity contribution >= 4 is 23.1 Å². The highest BCUT2D eigenvalue weighted by Gasteiger charge is 2.19. The second-order valence-electron chi connectivity index (χ2n) is 6.05. The predicted octanol–water partition coefficient (Wildman–Crippen LogP) is 5.92. The van der Waals surface area contributed by atoms with Gasteiger partial charge in [-0.05, 0) is 55.8 Å². The molecule has 3 rings (SSSR count). The first-order valence-electron chi connectivity index (χ1n) is 8.33. The van der Waals surface area contributed by atoms with E-state index >= 15 is 0 Å². The number of halogens is 1. The van der Waals surface area contributed by atoms with Crippen LogP contribution in [0.25, 0.3) is 11.3 Å². The molecule has 0 aliphatic rings. The Morgan fingerprint density at radius 3 is 2.52 bits per heavy atom. The lowest BCUT2D eigenvalue weighted by molar-refractivity contribution is 0.103. The Morgan fingerprint density at radius 2 is 1.85 bits per heavy atom. The van der Waals surface area contributed by atoms with Gasteiger partial charge in [0.1, 0.15) is 23.2 Å². The number of benzene rings is 2. The number of para-hydroxylation sites is 1. The van der Waals surface area contributed by atoms with Crippen molar-refractivity contribution in [1.29, 1.82) is 5.26 Å². The summed E-state index contributed by atoms with van der Waals surface area (Å²) in [7, 11) is 0. The molecule has 5 heteroatoms. The van der Waals surface area contributed by atoms with Crippen LogP contribution in [0.2, 0.25) is 5.02 Å². The fraction of sp³-hybridized carbons (Fsp3) is 0.0909. The van der Waals surface area contributed by atoms with E-state index in [9.17, 15) is 10.1 Å². The van der Waals surface area contributed by atoms with Crippen molar-refractivity contribution in [3.8, 4) is 17.4 Å². The van der Waals surface area contributed by atoms with Crippen molar-refractivity contribution in [3.63, 3.8) is 0 Å². The Bertz CT molecular complexity index is 1060. The largest absolute Gasteiger partial charge is 0.461 e. The van der Waals surface area contributed by atoms with Gasteiger partial charge >= 0.3 is 0 Å². The molecule has 0 radical (unpaired) electrons. The first kappa shape index (κ1) is 18.5. The van der Waals surface area contributed by atoms with Crippen LogP contribution in [-0.4, -0.2) is 5.78 Å². The molecule has 0 bridgehead atoms. The van der Waals surface area contributed by atoms with Gasteiger partial charge in [0.05, 0.1) is 5.56 Å². The molecule has 134 valence electrons. The Hall–Kier alpha value is -3.29. The number of nitrogens with zero attached hydrogens (tertiary/aromatic N) is 1. The minimum atomic E-state index is -0.389. The molecule has 0 saturated heterocycles. The SMILES string of the molecule is Cc1ccccc1N/C=C(\C#N)C(=O)c1cc(-c2ccc(Cl)cc2)oc1C. The van der Waals surface area contributed by atoms with Crippen LogP contribution in [-0.2, 0) is 0 Å². The van der Waals surface area contributed by atoms with E-state index in [4.69, 9.17) is 16.0 Å². The van der Waals surface area contributed by atoms with Gasteiger partial charge in [-0.2, -0.15) is 5.26 Å². The lowest BCUT2D eigenvalue weighted by atomic mass is 10.0. The van der Waals surface area contributed by atoms with Crippen LogP contribution in [0.3, 0.4) is 0 Å². The monoisotopic (exact) mass is 376 g/mol. The number of aryl methyl sites for hydroxylation is 2. The fourth-order valence-corrected chi connectivity index (χ4v) is 2.77. The zero-order valence-electron chi connectivity index (χ0n) is 14.9. The van der Waals surface area contributed by atoms with E-state index in [1.165, 1.54) is 6.20 Å². The molecule has 0 atom stereocenters. The summed E-state index contributed by atoms with van der Waals surface area (Å²) in [6.07, 6.45) is 1.43. The number of rotatable bonds is 5. The molecular formula is C22H17ClN2O2. The first-order valence-corrected chi connectivity index (χ1v) is 8.71. The predicted molar refractivity (Wildman–Crippen MR) is 107 cm³/mol. The van der Waals surface area contributed by atoms with Crippen molar-refractivity contribution in [2.45, 2.75) is 13.8 Å². The normalized spacial score (nSPS) is 11.1. The van der Waals surface area contributed by atoms with Crippen LogP contribution in [0, 0.1) is 25.2 Å². The minimum absolute atomic E-state index is 0.00445. The van der Waals surface area contributed by atoms with Gasteiger partial charge in [-0.15, -0.1) is 0 Å². The zero-order valence-corrected chi connectivity index (χ0v) is 15.7. The number of carbonyl (C=O) groups excluding carboxylic acids is 1. The van der Waals surface area contributed by atoms with Crippen molar-refractivity contribution in [1.82, 2.24) is 0 Å². The van der Waals surface area contributed by atoms with E-state index in [1.807, 2.05) is 49.4 Å². The summed E-state index contributed by atoms with van der Waals surface area (Å²) in [6, 6.07) is 18.4. The summed E-state index contributed by atoms with van der Waals surface area (Å²) in [5, 5.41) is 13.1. The van der Waals surface area contributed by atoms with Crippen molar-refractivity contribution in [2.75, 3.05) is 5.32 Å². The number of hydrogen-bond acceptors (Lipinski definition) is 4.